The number of alkyl carbamates (subject to hydrolysis) is 1. The predicted octanol–water partition coefficient (Wildman–Crippen LogP) is 5.14. The SMILES string of the molecule is COc1ccc(C[C@@H](NC(=O)OC(C)(C)C)c2nc3ccc(Br)cc3[nH]2)cc1. The molecule has 0 fully saturated rings. The molecule has 28 heavy (non-hydrogen) atoms. The van der Waals surface area contributed by atoms with Gasteiger partial charge >= 0.3 is 6.09 Å². The van der Waals surface area contributed by atoms with Crippen LogP contribution in [0, 0.1) is 0 Å². The zero-order chi connectivity index (χ0) is 20.3. The second-order valence-corrected chi connectivity index (χ2v) is 8.45. The summed E-state index contributed by atoms with van der Waals surface area (Å²) < 4.78 is 11.6. The zero-order valence-corrected chi connectivity index (χ0v) is 18.0. The molecule has 0 bridgehead atoms. The Bertz CT molecular complexity index is 961. The maximum atomic E-state index is 12.4. The number of H-pyrrole nitrogens is 1. The second kappa shape index (κ2) is 8.22. The van der Waals surface area contributed by atoms with E-state index in [-0.39, 0.29) is 6.04 Å². The van der Waals surface area contributed by atoms with Gasteiger partial charge in [0.15, 0.2) is 0 Å². The standard InChI is InChI=1S/C21H24BrN3O3/c1-21(2,3)28-20(26)25-18(11-13-5-8-15(27-4)9-6-13)19-23-16-10-7-14(22)12-17(16)24-19/h5-10,12,18H,11H2,1-4H3,(H,23,24)(H,25,26)/t18-/m1/s1. The number of methoxy groups -OCH3 is 1. The fourth-order valence-corrected chi connectivity index (χ4v) is 3.19. The highest BCUT2D eigenvalue weighted by molar-refractivity contribution is 9.10. The second-order valence-electron chi connectivity index (χ2n) is 7.53. The third kappa shape index (κ3) is 5.25. The van der Waals surface area contributed by atoms with E-state index in [1.807, 2.05) is 63.2 Å². The lowest BCUT2D eigenvalue weighted by molar-refractivity contribution is 0.0501. The van der Waals surface area contributed by atoms with Crippen molar-refractivity contribution < 1.29 is 14.3 Å². The maximum Gasteiger partial charge on any atom is 0.408 e. The Hall–Kier alpha value is -2.54. The van der Waals surface area contributed by atoms with Crippen LogP contribution in [0.25, 0.3) is 11.0 Å². The highest BCUT2D eigenvalue weighted by Crippen LogP contribution is 2.24. The van der Waals surface area contributed by atoms with Crippen LogP contribution in [0.4, 0.5) is 4.79 Å². The summed E-state index contributed by atoms with van der Waals surface area (Å²) in [5.74, 6) is 1.46. The zero-order valence-electron chi connectivity index (χ0n) is 16.4. The van der Waals surface area contributed by atoms with Crippen molar-refractivity contribution in [1.82, 2.24) is 15.3 Å². The van der Waals surface area contributed by atoms with Gasteiger partial charge in [-0.2, -0.15) is 0 Å². The number of fused-ring (bicyclic) bond motifs is 1. The topological polar surface area (TPSA) is 76.2 Å². The molecule has 3 aromatic rings. The van der Waals surface area contributed by atoms with Crippen molar-refractivity contribution in [3.05, 3.63) is 58.3 Å². The van der Waals surface area contributed by atoms with Gasteiger partial charge in [-0.15, -0.1) is 0 Å². The van der Waals surface area contributed by atoms with E-state index in [9.17, 15) is 4.79 Å². The molecule has 148 valence electrons. The summed E-state index contributed by atoms with van der Waals surface area (Å²) in [5, 5.41) is 2.94. The van der Waals surface area contributed by atoms with Crippen LogP contribution in [0.2, 0.25) is 0 Å². The first kappa shape index (κ1) is 20.2. The number of nitrogens with zero attached hydrogens (tertiary/aromatic N) is 1. The number of ether oxygens (including phenoxy) is 2. The molecule has 3 rings (SSSR count). The molecular formula is C21H24BrN3O3. The molecule has 0 aliphatic carbocycles. The van der Waals surface area contributed by atoms with Crippen LogP contribution in [-0.2, 0) is 11.2 Å². The highest BCUT2D eigenvalue weighted by Gasteiger charge is 2.23. The third-order valence-electron chi connectivity index (χ3n) is 4.08. The molecule has 0 unspecified atom stereocenters. The van der Waals surface area contributed by atoms with Gasteiger partial charge in [0.05, 0.1) is 24.2 Å². The number of carbonyl (C=O) groups excluding carboxylic acids is 1. The van der Waals surface area contributed by atoms with Crippen LogP contribution >= 0.6 is 15.9 Å². The molecule has 2 aromatic carbocycles. The van der Waals surface area contributed by atoms with Crippen LogP contribution in [0.3, 0.4) is 0 Å². The van der Waals surface area contributed by atoms with E-state index in [1.54, 1.807) is 7.11 Å². The Morgan fingerprint density at radius 3 is 2.57 bits per heavy atom. The number of hydrogen-bond donors (Lipinski definition) is 2. The first-order valence-corrected chi connectivity index (χ1v) is 9.80. The average Bonchev–Trinajstić information content (AvgIpc) is 3.03. The van der Waals surface area contributed by atoms with Gasteiger partial charge in [-0.1, -0.05) is 28.1 Å². The fraction of sp³-hybridized carbons (Fsp3) is 0.333. The van der Waals surface area contributed by atoms with E-state index in [1.165, 1.54) is 0 Å². The number of amides is 1. The van der Waals surface area contributed by atoms with Crippen LogP contribution in [0.15, 0.2) is 46.9 Å². The number of imidazole rings is 1. The van der Waals surface area contributed by atoms with E-state index in [0.29, 0.717) is 12.2 Å². The Balaban J connectivity index is 1.88. The Kier molecular flexibility index (Phi) is 5.93. The van der Waals surface area contributed by atoms with Crippen molar-refractivity contribution in [3.63, 3.8) is 0 Å². The fourth-order valence-electron chi connectivity index (χ4n) is 2.83. The minimum Gasteiger partial charge on any atom is -0.497 e. The van der Waals surface area contributed by atoms with Crippen molar-refractivity contribution in [3.8, 4) is 5.75 Å². The molecule has 1 heterocycles. The van der Waals surface area contributed by atoms with Crippen molar-refractivity contribution in [2.45, 2.75) is 38.8 Å². The Morgan fingerprint density at radius 1 is 1.21 bits per heavy atom. The van der Waals surface area contributed by atoms with Gasteiger partial charge in [-0.25, -0.2) is 9.78 Å². The molecular weight excluding hydrogens is 422 g/mol. The summed E-state index contributed by atoms with van der Waals surface area (Å²) in [6.45, 7) is 5.51. The molecule has 1 amide bonds. The lowest BCUT2D eigenvalue weighted by Crippen LogP contribution is -2.36. The molecule has 0 aliphatic rings. The molecule has 1 atom stereocenters. The molecule has 6 nitrogen and oxygen atoms in total. The predicted molar refractivity (Wildman–Crippen MR) is 113 cm³/mol. The molecule has 0 saturated carbocycles. The van der Waals surface area contributed by atoms with Gasteiger partial charge in [0, 0.05) is 10.9 Å². The number of halogens is 1. The largest absolute Gasteiger partial charge is 0.497 e. The number of aromatic amines is 1. The summed E-state index contributed by atoms with van der Waals surface area (Å²) in [4.78, 5) is 20.4. The van der Waals surface area contributed by atoms with Crippen molar-refractivity contribution in [2.24, 2.45) is 0 Å². The lowest BCUT2D eigenvalue weighted by Gasteiger charge is -2.23. The summed E-state index contributed by atoms with van der Waals surface area (Å²) >= 11 is 3.47. The van der Waals surface area contributed by atoms with Gasteiger partial charge in [-0.05, 0) is 56.7 Å². The molecule has 7 heteroatoms. The molecule has 2 N–H and O–H groups in total. The first-order chi connectivity index (χ1) is 13.2. The summed E-state index contributed by atoms with van der Waals surface area (Å²) in [5.41, 5.74) is 2.20. The van der Waals surface area contributed by atoms with Crippen LogP contribution < -0.4 is 10.1 Å². The minimum absolute atomic E-state index is 0.366. The Morgan fingerprint density at radius 2 is 1.93 bits per heavy atom. The number of benzene rings is 2. The number of aromatic nitrogens is 2. The van der Waals surface area contributed by atoms with Crippen LogP contribution in [-0.4, -0.2) is 28.8 Å². The van der Waals surface area contributed by atoms with Gasteiger partial charge < -0.3 is 19.8 Å². The van der Waals surface area contributed by atoms with Gasteiger partial charge in [-0.3, -0.25) is 0 Å². The lowest BCUT2D eigenvalue weighted by atomic mass is 10.1. The van der Waals surface area contributed by atoms with Gasteiger partial charge in [0.1, 0.15) is 17.2 Å². The van der Waals surface area contributed by atoms with Crippen molar-refractivity contribution in [2.75, 3.05) is 7.11 Å². The number of nitrogens with one attached hydrogen (secondary N) is 2. The van der Waals surface area contributed by atoms with E-state index in [0.717, 1.165) is 26.8 Å². The monoisotopic (exact) mass is 445 g/mol. The minimum atomic E-state index is -0.576. The average molecular weight is 446 g/mol. The summed E-state index contributed by atoms with van der Waals surface area (Å²) in [6, 6.07) is 13.2. The third-order valence-corrected chi connectivity index (χ3v) is 4.58. The smallest absolute Gasteiger partial charge is 0.408 e. The van der Waals surface area contributed by atoms with Crippen molar-refractivity contribution >= 4 is 33.1 Å². The van der Waals surface area contributed by atoms with E-state index in [4.69, 9.17) is 9.47 Å². The molecule has 0 aliphatic heterocycles. The number of hydrogen-bond acceptors (Lipinski definition) is 4. The summed E-state index contributed by atoms with van der Waals surface area (Å²) in [6.07, 6.45) is 0.0807. The highest BCUT2D eigenvalue weighted by atomic mass is 79.9. The Labute approximate surface area is 172 Å². The van der Waals surface area contributed by atoms with Crippen LogP contribution in [0.1, 0.15) is 38.2 Å². The number of rotatable bonds is 5. The quantitative estimate of drug-likeness (QED) is 0.569. The number of carbonyl (C=O) groups is 1. The van der Waals surface area contributed by atoms with E-state index in [2.05, 4.69) is 31.2 Å². The first-order valence-electron chi connectivity index (χ1n) is 9.01. The molecule has 0 radical (unpaired) electrons. The van der Waals surface area contributed by atoms with Crippen LogP contribution in [0.5, 0.6) is 5.75 Å². The molecule has 1 aromatic heterocycles. The molecule has 0 spiro atoms. The summed E-state index contributed by atoms with van der Waals surface area (Å²) in [7, 11) is 1.63. The van der Waals surface area contributed by atoms with E-state index < -0.39 is 11.7 Å². The van der Waals surface area contributed by atoms with Gasteiger partial charge in [0.2, 0.25) is 0 Å². The van der Waals surface area contributed by atoms with E-state index >= 15 is 0 Å². The maximum absolute atomic E-state index is 12.4. The van der Waals surface area contributed by atoms with Crippen molar-refractivity contribution in [1.29, 1.82) is 0 Å². The molecule has 0 saturated heterocycles. The van der Waals surface area contributed by atoms with Gasteiger partial charge in [0.25, 0.3) is 0 Å². The normalized spacial score (nSPS) is 12.6.